The van der Waals surface area contributed by atoms with Crippen LogP contribution in [0.4, 0.5) is 5.69 Å². The predicted molar refractivity (Wildman–Crippen MR) is 85.7 cm³/mol. The van der Waals surface area contributed by atoms with E-state index in [9.17, 15) is 15.0 Å². The zero-order valence-electron chi connectivity index (χ0n) is 12.2. The van der Waals surface area contributed by atoms with E-state index < -0.39 is 12.2 Å². The standard InChI is InChI=1S/C16H16N4O3/c17-13-7-6-11(16(23)14(21)9-19-20-18)8-12(13)15(22)10-4-2-1-3-5-10/h1-8,14,16,21,23H,9,17H2. The fourth-order valence-electron chi connectivity index (χ4n) is 2.14. The molecule has 0 aliphatic rings. The third-order valence-corrected chi connectivity index (χ3v) is 3.40. The fraction of sp³-hybridized carbons (Fsp3) is 0.188. The van der Waals surface area contributed by atoms with Gasteiger partial charge in [0.05, 0.1) is 12.6 Å². The third kappa shape index (κ3) is 3.87. The number of aliphatic hydroxyl groups is 2. The molecule has 0 aromatic heterocycles. The number of rotatable bonds is 6. The summed E-state index contributed by atoms with van der Waals surface area (Å²) in [4.78, 5) is 15.0. The van der Waals surface area contributed by atoms with Crippen LogP contribution in [0.2, 0.25) is 0 Å². The van der Waals surface area contributed by atoms with Gasteiger partial charge in [-0.1, -0.05) is 41.5 Å². The van der Waals surface area contributed by atoms with Gasteiger partial charge in [-0.25, -0.2) is 0 Å². The first-order valence-electron chi connectivity index (χ1n) is 6.90. The zero-order valence-corrected chi connectivity index (χ0v) is 12.2. The quantitative estimate of drug-likeness (QED) is 0.248. The van der Waals surface area contributed by atoms with Crippen molar-refractivity contribution in [2.24, 2.45) is 5.11 Å². The van der Waals surface area contributed by atoms with E-state index in [1.54, 1.807) is 30.3 Å². The molecule has 118 valence electrons. The summed E-state index contributed by atoms with van der Waals surface area (Å²) < 4.78 is 0. The number of benzene rings is 2. The third-order valence-electron chi connectivity index (χ3n) is 3.40. The maximum absolute atomic E-state index is 12.5. The number of ketones is 1. The number of aliphatic hydroxyl groups excluding tert-OH is 2. The smallest absolute Gasteiger partial charge is 0.195 e. The molecule has 4 N–H and O–H groups in total. The molecule has 0 fully saturated rings. The average Bonchev–Trinajstić information content (AvgIpc) is 2.59. The highest BCUT2D eigenvalue weighted by molar-refractivity contribution is 6.12. The number of hydrogen-bond acceptors (Lipinski definition) is 5. The van der Waals surface area contributed by atoms with Crippen LogP contribution in [0.5, 0.6) is 0 Å². The van der Waals surface area contributed by atoms with E-state index >= 15 is 0 Å². The van der Waals surface area contributed by atoms with Crippen LogP contribution in [0.15, 0.2) is 53.6 Å². The molecule has 0 heterocycles. The number of nitrogen functional groups attached to an aromatic ring is 1. The van der Waals surface area contributed by atoms with Crippen LogP contribution < -0.4 is 5.73 Å². The minimum Gasteiger partial charge on any atom is -0.398 e. The van der Waals surface area contributed by atoms with E-state index in [0.717, 1.165) is 0 Å². The number of nitrogens with two attached hydrogens (primary N) is 1. The maximum Gasteiger partial charge on any atom is 0.195 e. The molecule has 0 bridgehead atoms. The molecular formula is C16H16N4O3. The van der Waals surface area contributed by atoms with Crippen LogP contribution in [0.1, 0.15) is 27.6 Å². The van der Waals surface area contributed by atoms with E-state index in [1.807, 2.05) is 0 Å². The Bertz CT molecular complexity index is 742. The summed E-state index contributed by atoms with van der Waals surface area (Å²) in [5.74, 6) is -0.276. The summed E-state index contributed by atoms with van der Waals surface area (Å²) >= 11 is 0. The van der Waals surface area contributed by atoms with Gasteiger partial charge in [-0.15, -0.1) is 0 Å². The lowest BCUT2D eigenvalue weighted by atomic mass is 9.96. The number of carbonyl (C=O) groups is 1. The number of carbonyl (C=O) groups excluding carboxylic acids is 1. The van der Waals surface area contributed by atoms with Gasteiger partial charge in [0.2, 0.25) is 0 Å². The SMILES string of the molecule is [N-]=[N+]=NCC(O)C(O)c1ccc(N)c(C(=O)c2ccccc2)c1. The van der Waals surface area contributed by atoms with E-state index in [1.165, 1.54) is 18.2 Å². The molecule has 2 rings (SSSR count). The first kappa shape index (κ1) is 16.5. The summed E-state index contributed by atoms with van der Waals surface area (Å²) in [5, 5.41) is 23.1. The Balaban J connectivity index is 2.32. The number of azide groups is 1. The largest absolute Gasteiger partial charge is 0.398 e. The first-order valence-corrected chi connectivity index (χ1v) is 6.90. The summed E-state index contributed by atoms with van der Waals surface area (Å²) in [6, 6.07) is 13.1. The molecule has 0 spiro atoms. The van der Waals surface area contributed by atoms with Gasteiger partial charge in [0.15, 0.2) is 5.78 Å². The number of hydrogen-bond donors (Lipinski definition) is 3. The molecule has 23 heavy (non-hydrogen) atoms. The normalized spacial score (nSPS) is 13.0. The topological polar surface area (TPSA) is 132 Å². The molecule has 7 nitrogen and oxygen atoms in total. The average molecular weight is 312 g/mol. The zero-order chi connectivity index (χ0) is 16.8. The fourth-order valence-corrected chi connectivity index (χ4v) is 2.14. The van der Waals surface area contributed by atoms with Gasteiger partial charge in [0.1, 0.15) is 6.10 Å². The van der Waals surface area contributed by atoms with Crippen molar-refractivity contribution in [3.05, 3.63) is 75.7 Å². The van der Waals surface area contributed by atoms with Crippen molar-refractivity contribution in [3.8, 4) is 0 Å². The maximum atomic E-state index is 12.5. The van der Waals surface area contributed by atoms with E-state index in [-0.39, 0.29) is 23.6 Å². The van der Waals surface area contributed by atoms with E-state index in [4.69, 9.17) is 11.3 Å². The van der Waals surface area contributed by atoms with Crippen molar-refractivity contribution in [1.82, 2.24) is 0 Å². The Morgan fingerprint density at radius 1 is 1.22 bits per heavy atom. The van der Waals surface area contributed by atoms with Gasteiger partial charge in [0.25, 0.3) is 0 Å². The predicted octanol–water partition coefficient (Wildman–Crippen LogP) is 2.20. The summed E-state index contributed by atoms with van der Waals surface area (Å²) in [6.07, 6.45) is -2.56. The molecule has 0 radical (unpaired) electrons. The Kier molecular flexibility index (Phi) is 5.32. The van der Waals surface area contributed by atoms with Crippen molar-refractivity contribution < 1.29 is 15.0 Å². The highest BCUT2D eigenvalue weighted by Gasteiger charge is 2.20. The summed E-state index contributed by atoms with van der Waals surface area (Å²) in [5.41, 5.74) is 15.4. The molecule has 0 saturated heterocycles. The molecule has 2 atom stereocenters. The Morgan fingerprint density at radius 3 is 2.57 bits per heavy atom. The van der Waals surface area contributed by atoms with Crippen LogP contribution in [-0.4, -0.2) is 28.6 Å². The first-order chi connectivity index (χ1) is 11.0. The van der Waals surface area contributed by atoms with Gasteiger partial charge in [0, 0.05) is 21.7 Å². The molecule has 2 aromatic carbocycles. The molecule has 0 amide bonds. The number of nitrogens with zero attached hydrogens (tertiary/aromatic N) is 3. The molecule has 0 aliphatic heterocycles. The minimum atomic E-state index is -1.29. The van der Waals surface area contributed by atoms with Crippen LogP contribution in [-0.2, 0) is 0 Å². The van der Waals surface area contributed by atoms with Gasteiger partial charge in [-0.05, 0) is 23.2 Å². The number of anilines is 1. The van der Waals surface area contributed by atoms with Crippen LogP contribution in [0.25, 0.3) is 10.4 Å². The highest BCUT2D eigenvalue weighted by Crippen LogP contribution is 2.24. The molecular weight excluding hydrogens is 296 g/mol. The van der Waals surface area contributed by atoms with Crippen LogP contribution >= 0.6 is 0 Å². The monoisotopic (exact) mass is 312 g/mol. The Morgan fingerprint density at radius 2 is 1.91 bits per heavy atom. The minimum absolute atomic E-state index is 0.240. The van der Waals surface area contributed by atoms with Crippen molar-refractivity contribution in [2.75, 3.05) is 12.3 Å². The molecule has 2 aromatic rings. The second kappa shape index (κ2) is 7.42. The lowest BCUT2D eigenvalue weighted by Gasteiger charge is -2.17. The van der Waals surface area contributed by atoms with Crippen LogP contribution in [0, 0.1) is 0 Å². The summed E-state index contributed by atoms with van der Waals surface area (Å²) in [6.45, 7) is -0.274. The van der Waals surface area contributed by atoms with Crippen molar-refractivity contribution >= 4 is 11.5 Å². The second-order valence-electron chi connectivity index (χ2n) is 4.97. The van der Waals surface area contributed by atoms with E-state index in [2.05, 4.69) is 10.0 Å². The van der Waals surface area contributed by atoms with Gasteiger partial charge in [-0.3, -0.25) is 4.79 Å². The molecule has 7 heteroatoms. The Hall–Kier alpha value is -2.86. The second-order valence-corrected chi connectivity index (χ2v) is 4.97. The van der Waals surface area contributed by atoms with Gasteiger partial charge >= 0.3 is 0 Å². The molecule has 0 saturated carbocycles. The lowest BCUT2D eigenvalue weighted by Crippen LogP contribution is -2.21. The highest BCUT2D eigenvalue weighted by atomic mass is 16.3. The van der Waals surface area contributed by atoms with Gasteiger partial charge < -0.3 is 15.9 Å². The van der Waals surface area contributed by atoms with Crippen LogP contribution in [0.3, 0.4) is 0 Å². The summed E-state index contributed by atoms with van der Waals surface area (Å²) in [7, 11) is 0. The molecule has 2 unspecified atom stereocenters. The van der Waals surface area contributed by atoms with Gasteiger partial charge in [-0.2, -0.15) is 0 Å². The lowest BCUT2D eigenvalue weighted by molar-refractivity contribution is 0.0244. The van der Waals surface area contributed by atoms with Crippen molar-refractivity contribution in [1.29, 1.82) is 0 Å². The van der Waals surface area contributed by atoms with Crippen molar-refractivity contribution in [3.63, 3.8) is 0 Å². The molecule has 0 aliphatic carbocycles. The Labute approximate surface area is 132 Å². The van der Waals surface area contributed by atoms with Crippen molar-refractivity contribution in [2.45, 2.75) is 12.2 Å². The van der Waals surface area contributed by atoms with E-state index in [0.29, 0.717) is 11.1 Å².